The van der Waals surface area contributed by atoms with Gasteiger partial charge in [0.25, 0.3) is 0 Å². The predicted octanol–water partition coefficient (Wildman–Crippen LogP) is 2.14. The molecule has 1 fully saturated rings. The first kappa shape index (κ1) is 15.3. The van der Waals surface area contributed by atoms with Gasteiger partial charge < -0.3 is 15.8 Å². The van der Waals surface area contributed by atoms with Crippen LogP contribution in [0.2, 0.25) is 0 Å². The van der Waals surface area contributed by atoms with Gasteiger partial charge in [-0.25, -0.2) is 0 Å². The molecular weight excluding hydrogens is 226 g/mol. The largest absolute Gasteiger partial charge is 0.385 e. The molecule has 0 aromatic rings. The minimum Gasteiger partial charge on any atom is -0.385 e. The third-order valence-corrected chi connectivity index (χ3v) is 3.86. The number of hydrogen-bond donors (Lipinski definition) is 2. The minimum absolute atomic E-state index is 0.361. The van der Waals surface area contributed by atoms with E-state index in [0.717, 1.165) is 32.5 Å². The maximum Gasteiger partial charge on any atom is 0.188 e. The lowest BCUT2D eigenvalue weighted by Crippen LogP contribution is -2.38. The molecule has 0 radical (unpaired) electrons. The summed E-state index contributed by atoms with van der Waals surface area (Å²) >= 11 is 0. The van der Waals surface area contributed by atoms with Crippen molar-refractivity contribution in [3.8, 4) is 0 Å². The van der Waals surface area contributed by atoms with Gasteiger partial charge in [0.15, 0.2) is 5.96 Å². The van der Waals surface area contributed by atoms with Crippen LogP contribution >= 0.6 is 0 Å². The molecule has 4 nitrogen and oxygen atoms in total. The molecule has 0 bridgehead atoms. The molecule has 1 aliphatic rings. The number of ether oxygens (including phenoxy) is 1. The maximum absolute atomic E-state index is 5.88. The highest BCUT2D eigenvalue weighted by molar-refractivity contribution is 5.77. The molecule has 0 saturated heterocycles. The lowest BCUT2D eigenvalue weighted by Gasteiger charge is -2.40. The first-order valence-corrected chi connectivity index (χ1v) is 7.11. The fraction of sp³-hybridized carbons (Fsp3) is 0.929. The Labute approximate surface area is 111 Å². The van der Waals surface area contributed by atoms with Gasteiger partial charge in [0.1, 0.15) is 0 Å². The van der Waals surface area contributed by atoms with Crippen LogP contribution in [-0.4, -0.2) is 32.8 Å². The van der Waals surface area contributed by atoms with Gasteiger partial charge in [0.2, 0.25) is 0 Å². The van der Waals surface area contributed by atoms with Crippen LogP contribution in [0.15, 0.2) is 4.99 Å². The highest BCUT2D eigenvalue weighted by atomic mass is 16.5. The maximum atomic E-state index is 5.88. The van der Waals surface area contributed by atoms with Crippen LogP contribution in [0.1, 0.15) is 46.0 Å². The summed E-state index contributed by atoms with van der Waals surface area (Å²) in [5.74, 6) is 1.30. The van der Waals surface area contributed by atoms with E-state index in [2.05, 4.69) is 24.2 Å². The zero-order valence-electron chi connectivity index (χ0n) is 12.2. The lowest BCUT2D eigenvalue weighted by atomic mass is 9.67. The molecule has 4 heteroatoms. The van der Waals surface area contributed by atoms with Crippen LogP contribution in [0, 0.1) is 11.3 Å². The van der Waals surface area contributed by atoms with Gasteiger partial charge in [-0.05, 0) is 37.0 Å². The van der Waals surface area contributed by atoms with Crippen molar-refractivity contribution in [3.05, 3.63) is 0 Å². The van der Waals surface area contributed by atoms with Crippen LogP contribution in [-0.2, 0) is 4.74 Å². The molecule has 1 aliphatic carbocycles. The molecular formula is C14H29N3O. The zero-order valence-corrected chi connectivity index (χ0v) is 12.2. The Morgan fingerprint density at radius 2 is 2.17 bits per heavy atom. The number of methoxy groups -OCH3 is 1. The molecule has 18 heavy (non-hydrogen) atoms. The molecule has 0 aromatic heterocycles. The van der Waals surface area contributed by atoms with E-state index < -0.39 is 0 Å². The number of nitrogens with one attached hydrogen (secondary N) is 1. The monoisotopic (exact) mass is 255 g/mol. The van der Waals surface area contributed by atoms with Crippen molar-refractivity contribution in [2.45, 2.75) is 46.0 Å². The van der Waals surface area contributed by atoms with Gasteiger partial charge in [0, 0.05) is 26.8 Å². The van der Waals surface area contributed by atoms with Crippen LogP contribution in [0.25, 0.3) is 0 Å². The van der Waals surface area contributed by atoms with Gasteiger partial charge in [0.05, 0.1) is 0 Å². The Kier molecular flexibility index (Phi) is 6.47. The fourth-order valence-electron chi connectivity index (χ4n) is 2.28. The lowest BCUT2D eigenvalue weighted by molar-refractivity contribution is 0.0779. The van der Waals surface area contributed by atoms with Crippen molar-refractivity contribution >= 4 is 5.96 Å². The Bertz CT molecular complexity index is 260. The van der Waals surface area contributed by atoms with Gasteiger partial charge in [-0.2, -0.15) is 0 Å². The smallest absolute Gasteiger partial charge is 0.188 e. The van der Waals surface area contributed by atoms with Crippen molar-refractivity contribution < 1.29 is 4.74 Å². The predicted molar refractivity (Wildman–Crippen MR) is 76.7 cm³/mol. The molecule has 3 N–H and O–H groups in total. The molecule has 106 valence electrons. The first-order chi connectivity index (χ1) is 8.58. The second-order valence-electron chi connectivity index (χ2n) is 5.91. The van der Waals surface area contributed by atoms with Gasteiger partial charge >= 0.3 is 0 Å². The average molecular weight is 255 g/mol. The highest BCUT2D eigenvalue weighted by Gasteiger charge is 2.36. The second kappa shape index (κ2) is 7.62. The number of nitrogens with zero attached hydrogens (tertiary/aromatic N) is 1. The van der Waals surface area contributed by atoms with Crippen LogP contribution < -0.4 is 11.1 Å². The summed E-state index contributed by atoms with van der Waals surface area (Å²) in [6.45, 7) is 7.01. The summed E-state index contributed by atoms with van der Waals surface area (Å²) in [4.78, 5) is 4.50. The summed E-state index contributed by atoms with van der Waals surface area (Å²) in [7, 11) is 1.76. The summed E-state index contributed by atoms with van der Waals surface area (Å²) < 4.78 is 5.18. The molecule has 0 heterocycles. The van der Waals surface area contributed by atoms with Crippen LogP contribution in [0.4, 0.5) is 0 Å². The Hall–Kier alpha value is -0.770. The zero-order chi connectivity index (χ0) is 13.4. The highest BCUT2D eigenvalue weighted by Crippen LogP contribution is 2.44. The van der Waals surface area contributed by atoms with Gasteiger partial charge in [-0.3, -0.25) is 4.99 Å². The van der Waals surface area contributed by atoms with E-state index in [1.165, 1.54) is 19.3 Å². The Morgan fingerprint density at radius 1 is 1.44 bits per heavy atom. The van der Waals surface area contributed by atoms with Crippen molar-refractivity contribution in [1.29, 1.82) is 0 Å². The molecule has 1 rings (SSSR count). The molecule has 1 saturated carbocycles. The number of hydrogen-bond acceptors (Lipinski definition) is 2. The SMILES string of the molecule is COCCC1(CN=C(N)NCCC(C)C)CCC1. The molecule has 0 atom stereocenters. The summed E-state index contributed by atoms with van der Waals surface area (Å²) in [5, 5.41) is 3.19. The topological polar surface area (TPSA) is 59.6 Å². The Balaban J connectivity index is 2.27. The van der Waals surface area contributed by atoms with E-state index in [0.29, 0.717) is 17.3 Å². The van der Waals surface area contributed by atoms with Crippen molar-refractivity contribution in [2.75, 3.05) is 26.8 Å². The summed E-state index contributed by atoms with van der Waals surface area (Å²) in [6, 6.07) is 0. The van der Waals surface area contributed by atoms with Crippen LogP contribution in [0.5, 0.6) is 0 Å². The van der Waals surface area contributed by atoms with Crippen molar-refractivity contribution in [2.24, 2.45) is 22.1 Å². The van der Waals surface area contributed by atoms with E-state index in [4.69, 9.17) is 10.5 Å². The first-order valence-electron chi connectivity index (χ1n) is 7.11. The van der Waals surface area contributed by atoms with E-state index in [9.17, 15) is 0 Å². The normalized spacial score (nSPS) is 18.8. The van der Waals surface area contributed by atoms with E-state index in [1.807, 2.05) is 0 Å². The number of guanidine groups is 1. The van der Waals surface area contributed by atoms with E-state index >= 15 is 0 Å². The molecule has 0 spiro atoms. The number of nitrogens with two attached hydrogens (primary N) is 1. The molecule has 0 amide bonds. The van der Waals surface area contributed by atoms with E-state index in [-0.39, 0.29) is 0 Å². The van der Waals surface area contributed by atoms with Crippen molar-refractivity contribution in [1.82, 2.24) is 5.32 Å². The molecule has 0 aliphatic heterocycles. The molecule has 0 unspecified atom stereocenters. The van der Waals surface area contributed by atoms with Crippen LogP contribution in [0.3, 0.4) is 0 Å². The second-order valence-corrected chi connectivity index (χ2v) is 5.91. The Morgan fingerprint density at radius 3 is 2.67 bits per heavy atom. The molecule has 0 aromatic carbocycles. The fourth-order valence-corrected chi connectivity index (χ4v) is 2.28. The summed E-state index contributed by atoms with van der Waals surface area (Å²) in [5.41, 5.74) is 6.24. The third kappa shape index (κ3) is 5.25. The average Bonchev–Trinajstić information content (AvgIpc) is 2.27. The number of rotatable bonds is 8. The minimum atomic E-state index is 0.361. The van der Waals surface area contributed by atoms with Gasteiger partial charge in [-0.15, -0.1) is 0 Å². The van der Waals surface area contributed by atoms with Gasteiger partial charge in [-0.1, -0.05) is 20.3 Å². The summed E-state index contributed by atoms with van der Waals surface area (Å²) in [6.07, 6.45) is 6.08. The number of aliphatic imine (C=N–C) groups is 1. The van der Waals surface area contributed by atoms with Crippen molar-refractivity contribution in [3.63, 3.8) is 0 Å². The third-order valence-electron chi connectivity index (χ3n) is 3.86. The van der Waals surface area contributed by atoms with E-state index in [1.54, 1.807) is 7.11 Å². The quantitative estimate of drug-likeness (QED) is 0.516. The standard InChI is InChI=1S/C14H29N3O/c1-12(2)5-9-16-13(15)17-11-14(6-4-7-14)8-10-18-3/h12H,4-11H2,1-3H3,(H3,15,16,17).